The van der Waals surface area contributed by atoms with Gasteiger partial charge in [-0.2, -0.15) is 0 Å². The molecular weight excluding hydrogens is 147 g/mol. The molecule has 0 saturated carbocycles. The van der Waals surface area contributed by atoms with E-state index in [1.165, 1.54) is 6.07 Å². The van der Waals surface area contributed by atoms with Crippen molar-refractivity contribution < 1.29 is 9.50 Å². The number of alkyl halides is 1. The number of benzene rings is 1. The number of hydrogen-bond acceptors (Lipinski definition) is 3. The summed E-state index contributed by atoms with van der Waals surface area (Å²) in [6.07, 6.45) is 0. The van der Waals surface area contributed by atoms with Crippen molar-refractivity contribution in [2.24, 2.45) is 0 Å². The molecule has 4 heteroatoms. The minimum Gasteiger partial charge on any atom is -0.506 e. The second kappa shape index (κ2) is 4.38. The number of anilines is 2. The maximum absolute atomic E-state index is 9.50. The SMILES string of the molecule is CF.Nc1cccc(O)c1N. The fourth-order valence-electron chi connectivity index (χ4n) is 0.570. The summed E-state index contributed by atoms with van der Waals surface area (Å²) in [7, 11) is 0.500. The van der Waals surface area contributed by atoms with E-state index < -0.39 is 0 Å². The van der Waals surface area contributed by atoms with E-state index in [1.54, 1.807) is 12.1 Å². The molecule has 1 aromatic rings. The molecule has 0 aliphatic rings. The number of phenolic OH excluding ortho intramolecular Hbond substituents is 1. The third-order valence-electron chi connectivity index (χ3n) is 1.12. The molecule has 0 aliphatic heterocycles. The van der Waals surface area contributed by atoms with Gasteiger partial charge in [0.05, 0.1) is 18.6 Å². The topological polar surface area (TPSA) is 72.3 Å². The molecule has 0 heterocycles. The van der Waals surface area contributed by atoms with Gasteiger partial charge in [0.15, 0.2) is 0 Å². The van der Waals surface area contributed by atoms with Gasteiger partial charge in [-0.05, 0) is 12.1 Å². The Morgan fingerprint density at radius 2 is 1.82 bits per heavy atom. The number of para-hydroxylation sites is 1. The zero-order valence-electron chi connectivity index (χ0n) is 6.21. The van der Waals surface area contributed by atoms with E-state index >= 15 is 0 Å². The highest BCUT2D eigenvalue weighted by molar-refractivity contribution is 5.69. The minimum absolute atomic E-state index is 0.0370. The highest BCUT2D eigenvalue weighted by atomic mass is 19.1. The molecule has 62 valence electrons. The Morgan fingerprint density at radius 1 is 1.27 bits per heavy atom. The number of rotatable bonds is 0. The van der Waals surface area contributed by atoms with Crippen LogP contribution in [0.5, 0.6) is 5.75 Å². The van der Waals surface area contributed by atoms with Crippen LogP contribution in [0.2, 0.25) is 0 Å². The molecule has 0 spiro atoms. The van der Waals surface area contributed by atoms with E-state index in [2.05, 4.69) is 0 Å². The summed E-state index contributed by atoms with van der Waals surface area (Å²) in [6.45, 7) is 0. The van der Waals surface area contributed by atoms with Gasteiger partial charge in [-0.25, -0.2) is 0 Å². The lowest BCUT2D eigenvalue weighted by Gasteiger charge is -1.99. The lowest BCUT2D eigenvalue weighted by atomic mass is 10.2. The van der Waals surface area contributed by atoms with E-state index in [-0.39, 0.29) is 11.4 Å². The molecule has 1 aromatic carbocycles. The summed E-state index contributed by atoms with van der Waals surface area (Å²) in [5, 5.41) is 8.90. The highest BCUT2D eigenvalue weighted by Gasteiger charge is 1.96. The molecular formula is C7H11FN2O. The first kappa shape index (κ1) is 9.55. The fourth-order valence-corrected chi connectivity index (χ4v) is 0.570. The van der Waals surface area contributed by atoms with Crippen molar-refractivity contribution in [3.8, 4) is 5.75 Å². The Bertz CT molecular complexity index is 207. The molecule has 0 unspecified atom stereocenters. The summed E-state index contributed by atoms with van der Waals surface area (Å²) in [5.41, 5.74) is 11.3. The average molecular weight is 158 g/mol. The van der Waals surface area contributed by atoms with Crippen LogP contribution in [0.1, 0.15) is 0 Å². The standard InChI is InChI=1S/C6H8N2O.CH3F/c7-4-2-1-3-5(9)6(4)8;1-2/h1-3,9H,7-8H2;1H3. The lowest BCUT2D eigenvalue weighted by molar-refractivity contribution is 0.478. The molecule has 0 fully saturated rings. The van der Waals surface area contributed by atoms with Gasteiger partial charge < -0.3 is 16.6 Å². The summed E-state index contributed by atoms with van der Waals surface area (Å²) >= 11 is 0. The van der Waals surface area contributed by atoms with Crippen molar-refractivity contribution >= 4 is 11.4 Å². The van der Waals surface area contributed by atoms with Crippen LogP contribution >= 0.6 is 0 Å². The Labute approximate surface area is 64.4 Å². The average Bonchev–Trinajstić information content (AvgIpc) is 2.04. The quantitative estimate of drug-likeness (QED) is 0.391. The maximum Gasteiger partial charge on any atom is 0.140 e. The summed E-state index contributed by atoms with van der Waals surface area (Å²) in [5.74, 6) is 0.0370. The van der Waals surface area contributed by atoms with Crippen molar-refractivity contribution in [2.45, 2.75) is 0 Å². The molecule has 11 heavy (non-hydrogen) atoms. The second-order valence-electron chi connectivity index (χ2n) is 1.78. The second-order valence-corrected chi connectivity index (χ2v) is 1.78. The minimum atomic E-state index is 0.0370. The van der Waals surface area contributed by atoms with Crippen LogP contribution in [-0.2, 0) is 0 Å². The maximum atomic E-state index is 9.50. The first-order valence-corrected chi connectivity index (χ1v) is 2.92. The van der Waals surface area contributed by atoms with Crippen LogP contribution in [0.3, 0.4) is 0 Å². The smallest absolute Gasteiger partial charge is 0.140 e. The molecule has 0 bridgehead atoms. The third-order valence-corrected chi connectivity index (χ3v) is 1.12. The zero-order chi connectivity index (χ0) is 8.85. The molecule has 5 N–H and O–H groups in total. The number of aromatic hydroxyl groups is 1. The zero-order valence-corrected chi connectivity index (χ0v) is 6.21. The molecule has 0 saturated heterocycles. The van der Waals surface area contributed by atoms with E-state index in [0.717, 1.165) is 0 Å². The number of phenols is 1. The molecule has 0 aromatic heterocycles. The summed E-state index contributed by atoms with van der Waals surface area (Å²) < 4.78 is 9.50. The van der Waals surface area contributed by atoms with E-state index in [4.69, 9.17) is 16.6 Å². The van der Waals surface area contributed by atoms with Crippen molar-refractivity contribution in [3.63, 3.8) is 0 Å². The molecule has 0 atom stereocenters. The van der Waals surface area contributed by atoms with Gasteiger partial charge in [0.2, 0.25) is 0 Å². The molecule has 0 radical (unpaired) electrons. The van der Waals surface area contributed by atoms with Gasteiger partial charge in [-0.1, -0.05) is 6.07 Å². The van der Waals surface area contributed by atoms with Gasteiger partial charge in [-0.3, -0.25) is 4.39 Å². The van der Waals surface area contributed by atoms with Crippen LogP contribution in [0.25, 0.3) is 0 Å². The van der Waals surface area contributed by atoms with E-state index in [9.17, 15) is 4.39 Å². The van der Waals surface area contributed by atoms with Crippen LogP contribution in [0.4, 0.5) is 15.8 Å². The summed E-state index contributed by atoms with van der Waals surface area (Å²) in [6, 6.07) is 4.77. The number of hydrogen-bond donors (Lipinski definition) is 3. The number of nitrogens with two attached hydrogens (primary N) is 2. The van der Waals surface area contributed by atoms with E-state index in [0.29, 0.717) is 12.9 Å². The van der Waals surface area contributed by atoms with E-state index in [1.807, 2.05) is 0 Å². The Morgan fingerprint density at radius 3 is 2.18 bits per heavy atom. The predicted molar refractivity (Wildman–Crippen MR) is 44.0 cm³/mol. The first-order valence-electron chi connectivity index (χ1n) is 2.92. The molecule has 0 amide bonds. The fraction of sp³-hybridized carbons (Fsp3) is 0.143. The monoisotopic (exact) mass is 158 g/mol. The largest absolute Gasteiger partial charge is 0.506 e. The first-order chi connectivity index (χ1) is 5.22. The Balaban J connectivity index is 0.000000461. The van der Waals surface area contributed by atoms with Crippen molar-refractivity contribution in [1.82, 2.24) is 0 Å². The van der Waals surface area contributed by atoms with Gasteiger partial charge in [0, 0.05) is 0 Å². The van der Waals surface area contributed by atoms with Gasteiger partial charge in [0.25, 0.3) is 0 Å². The Kier molecular flexibility index (Phi) is 3.80. The molecule has 0 aliphatic carbocycles. The summed E-state index contributed by atoms with van der Waals surface area (Å²) in [4.78, 5) is 0. The van der Waals surface area contributed by atoms with Crippen LogP contribution in [0.15, 0.2) is 18.2 Å². The van der Waals surface area contributed by atoms with Gasteiger partial charge >= 0.3 is 0 Å². The Hall–Kier alpha value is -1.45. The molecule has 1 rings (SSSR count). The van der Waals surface area contributed by atoms with Gasteiger partial charge in [0.1, 0.15) is 5.75 Å². The third kappa shape index (κ3) is 2.33. The van der Waals surface area contributed by atoms with Crippen molar-refractivity contribution in [2.75, 3.05) is 18.6 Å². The van der Waals surface area contributed by atoms with Crippen LogP contribution in [0, 0.1) is 0 Å². The van der Waals surface area contributed by atoms with Gasteiger partial charge in [-0.15, -0.1) is 0 Å². The highest BCUT2D eigenvalue weighted by Crippen LogP contribution is 2.24. The van der Waals surface area contributed by atoms with Crippen LogP contribution < -0.4 is 11.5 Å². The number of halogens is 1. The van der Waals surface area contributed by atoms with Crippen molar-refractivity contribution in [1.29, 1.82) is 0 Å². The lowest BCUT2D eigenvalue weighted by Crippen LogP contribution is -1.93. The number of nitrogen functional groups attached to an aromatic ring is 2. The predicted octanol–water partition coefficient (Wildman–Crippen LogP) is 1.14. The van der Waals surface area contributed by atoms with Crippen LogP contribution in [-0.4, -0.2) is 12.3 Å². The molecule has 3 nitrogen and oxygen atoms in total. The normalized spacial score (nSPS) is 8.18. The van der Waals surface area contributed by atoms with Crippen molar-refractivity contribution in [3.05, 3.63) is 18.2 Å².